The van der Waals surface area contributed by atoms with Crippen LogP contribution in [0.1, 0.15) is 0 Å². The van der Waals surface area contributed by atoms with Crippen LogP contribution in [0, 0.1) is 0 Å². The Balaban J connectivity index is 2.23. The molecule has 3 aromatic rings. The minimum absolute atomic E-state index is 0.199. The van der Waals surface area contributed by atoms with E-state index in [0.717, 1.165) is 16.9 Å². The molecule has 0 aliphatic rings. The molecule has 0 atom stereocenters. The first-order valence-electron chi connectivity index (χ1n) is 6.49. The molecule has 0 aliphatic carbocycles. The van der Waals surface area contributed by atoms with Crippen LogP contribution in [-0.2, 0) is 0 Å². The van der Waals surface area contributed by atoms with Gasteiger partial charge in [0.25, 0.3) is 0 Å². The largest absolute Gasteiger partial charge is 0.494 e. The summed E-state index contributed by atoms with van der Waals surface area (Å²) >= 11 is 6.08. The summed E-state index contributed by atoms with van der Waals surface area (Å²) in [6.45, 7) is 0. The highest BCUT2D eigenvalue weighted by molar-refractivity contribution is 6.29. The number of para-hydroxylation sites is 2. The van der Waals surface area contributed by atoms with Gasteiger partial charge in [0, 0.05) is 18.1 Å². The SMILES string of the molecule is COc1cccc2c(N(C)c3ccccc3)nc(Cl)nc12. The Morgan fingerprint density at radius 2 is 1.76 bits per heavy atom. The second kappa shape index (κ2) is 5.58. The fraction of sp³-hybridized carbons (Fsp3) is 0.125. The normalized spacial score (nSPS) is 10.6. The van der Waals surface area contributed by atoms with Crippen molar-refractivity contribution >= 4 is 34.0 Å². The van der Waals surface area contributed by atoms with E-state index in [-0.39, 0.29) is 5.28 Å². The van der Waals surface area contributed by atoms with E-state index in [9.17, 15) is 0 Å². The maximum atomic E-state index is 6.08. The molecule has 0 spiro atoms. The first-order chi connectivity index (χ1) is 10.2. The van der Waals surface area contributed by atoms with Gasteiger partial charge in [-0.05, 0) is 35.9 Å². The Morgan fingerprint density at radius 3 is 2.48 bits per heavy atom. The average molecular weight is 300 g/mol. The topological polar surface area (TPSA) is 38.2 Å². The summed E-state index contributed by atoms with van der Waals surface area (Å²) in [4.78, 5) is 10.6. The first-order valence-corrected chi connectivity index (χ1v) is 6.87. The third kappa shape index (κ3) is 2.50. The zero-order chi connectivity index (χ0) is 14.8. The molecule has 2 aromatic carbocycles. The second-order valence-corrected chi connectivity index (χ2v) is 4.91. The number of ether oxygens (including phenoxy) is 1. The number of hydrogen-bond acceptors (Lipinski definition) is 4. The lowest BCUT2D eigenvalue weighted by Gasteiger charge is -2.20. The quantitative estimate of drug-likeness (QED) is 0.684. The predicted octanol–water partition coefficient (Wildman–Crippen LogP) is 4.06. The van der Waals surface area contributed by atoms with Crippen molar-refractivity contribution in [3.05, 3.63) is 53.8 Å². The maximum Gasteiger partial charge on any atom is 0.225 e. The summed E-state index contributed by atoms with van der Waals surface area (Å²) in [5.41, 5.74) is 1.73. The molecule has 0 aliphatic heterocycles. The number of hydrogen-bond donors (Lipinski definition) is 0. The van der Waals surface area contributed by atoms with Crippen LogP contribution in [0.2, 0.25) is 5.28 Å². The van der Waals surface area contributed by atoms with Crippen LogP contribution in [-0.4, -0.2) is 24.1 Å². The summed E-state index contributed by atoms with van der Waals surface area (Å²) in [5, 5.41) is 1.09. The molecule has 0 amide bonds. The molecule has 106 valence electrons. The highest BCUT2D eigenvalue weighted by Gasteiger charge is 2.14. The minimum atomic E-state index is 0.199. The molecule has 3 rings (SSSR count). The summed E-state index contributed by atoms with van der Waals surface area (Å²) in [5.74, 6) is 1.43. The molecule has 0 unspecified atom stereocenters. The monoisotopic (exact) mass is 299 g/mol. The van der Waals surface area contributed by atoms with Crippen LogP contribution >= 0.6 is 11.6 Å². The summed E-state index contributed by atoms with van der Waals surface area (Å²) in [7, 11) is 3.57. The van der Waals surface area contributed by atoms with E-state index in [1.165, 1.54) is 0 Å². The number of methoxy groups -OCH3 is 1. The van der Waals surface area contributed by atoms with Gasteiger partial charge >= 0.3 is 0 Å². The minimum Gasteiger partial charge on any atom is -0.494 e. The molecular weight excluding hydrogens is 286 g/mol. The van der Waals surface area contributed by atoms with E-state index in [4.69, 9.17) is 16.3 Å². The average Bonchev–Trinajstić information content (AvgIpc) is 2.53. The Bertz CT molecular complexity index is 777. The van der Waals surface area contributed by atoms with Gasteiger partial charge in [-0.1, -0.05) is 24.3 Å². The van der Waals surface area contributed by atoms with E-state index < -0.39 is 0 Å². The van der Waals surface area contributed by atoms with Crippen molar-refractivity contribution in [1.82, 2.24) is 9.97 Å². The standard InChI is InChI=1S/C16H14ClN3O/c1-20(11-7-4-3-5-8-11)15-12-9-6-10-13(21-2)14(12)18-16(17)19-15/h3-10H,1-2H3. The van der Waals surface area contributed by atoms with Crippen molar-refractivity contribution in [2.75, 3.05) is 19.1 Å². The van der Waals surface area contributed by atoms with Gasteiger partial charge in [0.15, 0.2) is 0 Å². The molecule has 0 radical (unpaired) electrons. The fourth-order valence-electron chi connectivity index (χ4n) is 2.28. The van der Waals surface area contributed by atoms with Crippen LogP contribution in [0.25, 0.3) is 10.9 Å². The van der Waals surface area contributed by atoms with Crippen LogP contribution in [0.3, 0.4) is 0 Å². The summed E-state index contributed by atoms with van der Waals surface area (Å²) in [6, 6.07) is 15.7. The third-order valence-corrected chi connectivity index (χ3v) is 3.49. The molecule has 4 nitrogen and oxygen atoms in total. The Hall–Kier alpha value is -2.33. The van der Waals surface area contributed by atoms with Gasteiger partial charge < -0.3 is 9.64 Å². The molecule has 0 saturated heterocycles. The first kappa shape index (κ1) is 13.6. The van der Waals surface area contributed by atoms with Crippen LogP contribution in [0.15, 0.2) is 48.5 Å². The zero-order valence-electron chi connectivity index (χ0n) is 11.7. The lowest BCUT2D eigenvalue weighted by atomic mass is 10.2. The van der Waals surface area contributed by atoms with E-state index >= 15 is 0 Å². The molecule has 21 heavy (non-hydrogen) atoms. The van der Waals surface area contributed by atoms with Crippen molar-refractivity contribution in [1.29, 1.82) is 0 Å². The molecular formula is C16H14ClN3O. The molecule has 5 heteroatoms. The summed E-state index contributed by atoms with van der Waals surface area (Å²) < 4.78 is 5.36. The zero-order valence-corrected chi connectivity index (χ0v) is 12.5. The third-order valence-electron chi connectivity index (χ3n) is 3.32. The smallest absolute Gasteiger partial charge is 0.225 e. The number of halogens is 1. The van der Waals surface area contributed by atoms with E-state index in [2.05, 4.69) is 9.97 Å². The number of aromatic nitrogens is 2. The molecule has 0 fully saturated rings. The fourth-order valence-corrected chi connectivity index (χ4v) is 2.44. The van der Waals surface area contributed by atoms with Crippen molar-refractivity contribution < 1.29 is 4.74 Å². The molecule has 0 bridgehead atoms. The van der Waals surface area contributed by atoms with Gasteiger partial charge in [-0.2, -0.15) is 4.98 Å². The maximum absolute atomic E-state index is 6.08. The van der Waals surface area contributed by atoms with Gasteiger partial charge in [-0.15, -0.1) is 0 Å². The Morgan fingerprint density at radius 1 is 1.00 bits per heavy atom. The number of fused-ring (bicyclic) bond motifs is 1. The van der Waals surface area contributed by atoms with Crippen molar-refractivity contribution in [2.45, 2.75) is 0 Å². The highest BCUT2D eigenvalue weighted by Crippen LogP contribution is 2.33. The van der Waals surface area contributed by atoms with Gasteiger partial charge in [-0.3, -0.25) is 0 Å². The Kier molecular flexibility index (Phi) is 3.62. The second-order valence-electron chi connectivity index (χ2n) is 4.57. The van der Waals surface area contributed by atoms with Crippen molar-refractivity contribution in [3.63, 3.8) is 0 Å². The molecule has 0 saturated carbocycles. The number of nitrogens with zero attached hydrogens (tertiary/aromatic N) is 3. The summed E-state index contributed by atoms with van der Waals surface area (Å²) in [6.07, 6.45) is 0. The number of anilines is 2. The number of benzene rings is 2. The van der Waals surface area contributed by atoms with Gasteiger partial charge in [0.05, 0.1) is 7.11 Å². The van der Waals surface area contributed by atoms with Crippen molar-refractivity contribution in [2.24, 2.45) is 0 Å². The van der Waals surface area contributed by atoms with Crippen LogP contribution < -0.4 is 9.64 Å². The van der Waals surface area contributed by atoms with Crippen LogP contribution in [0.5, 0.6) is 5.75 Å². The van der Waals surface area contributed by atoms with Gasteiger partial charge in [0.2, 0.25) is 5.28 Å². The lowest BCUT2D eigenvalue weighted by Crippen LogP contribution is -2.12. The lowest BCUT2D eigenvalue weighted by molar-refractivity contribution is 0.419. The van der Waals surface area contributed by atoms with E-state index in [0.29, 0.717) is 11.3 Å². The van der Waals surface area contributed by atoms with Crippen molar-refractivity contribution in [3.8, 4) is 5.75 Å². The highest BCUT2D eigenvalue weighted by atomic mass is 35.5. The van der Waals surface area contributed by atoms with Gasteiger partial charge in [0.1, 0.15) is 17.1 Å². The predicted molar refractivity (Wildman–Crippen MR) is 85.6 cm³/mol. The van der Waals surface area contributed by atoms with E-state index in [1.807, 2.05) is 60.5 Å². The molecule has 1 aromatic heterocycles. The van der Waals surface area contributed by atoms with Gasteiger partial charge in [-0.25, -0.2) is 4.98 Å². The molecule has 1 heterocycles. The molecule has 0 N–H and O–H groups in total. The van der Waals surface area contributed by atoms with E-state index in [1.54, 1.807) is 7.11 Å². The number of rotatable bonds is 3. The van der Waals surface area contributed by atoms with Crippen LogP contribution in [0.4, 0.5) is 11.5 Å². The Labute approximate surface area is 128 Å².